The molecule has 4 heteroatoms. The molecule has 104 valence electrons. The first-order valence-corrected chi connectivity index (χ1v) is 6.92. The van der Waals surface area contributed by atoms with Crippen molar-refractivity contribution in [3.05, 3.63) is 29.8 Å². The molecule has 0 unspecified atom stereocenters. The van der Waals surface area contributed by atoms with E-state index in [2.05, 4.69) is 36.1 Å². The molecular weight excluding hydrogens is 238 g/mol. The number of nitrogens with zero attached hydrogens (tertiary/aromatic N) is 3. The fourth-order valence-electron chi connectivity index (χ4n) is 2.41. The lowest BCUT2D eigenvalue weighted by atomic mass is 10.1. The molecule has 0 saturated carbocycles. The van der Waals surface area contributed by atoms with E-state index < -0.39 is 0 Å². The van der Waals surface area contributed by atoms with Crippen LogP contribution in [0.15, 0.2) is 24.3 Å². The monoisotopic (exact) mass is 261 g/mol. The molecule has 1 aliphatic heterocycles. The third kappa shape index (κ3) is 3.19. The molecular formula is C15H23N3O. The normalized spacial score (nSPS) is 15.5. The van der Waals surface area contributed by atoms with E-state index in [1.807, 2.05) is 4.90 Å². The number of anilines is 1. The van der Waals surface area contributed by atoms with Crippen molar-refractivity contribution in [3.63, 3.8) is 0 Å². The van der Waals surface area contributed by atoms with E-state index >= 15 is 0 Å². The molecule has 0 bridgehead atoms. The summed E-state index contributed by atoms with van der Waals surface area (Å²) in [7, 11) is 3.61. The van der Waals surface area contributed by atoms with Gasteiger partial charge >= 0.3 is 6.03 Å². The Balaban J connectivity index is 1.97. The summed E-state index contributed by atoms with van der Waals surface area (Å²) in [4.78, 5) is 17.8. The Kier molecular flexibility index (Phi) is 4.30. The highest BCUT2D eigenvalue weighted by Gasteiger charge is 2.22. The maximum absolute atomic E-state index is 11.9. The van der Waals surface area contributed by atoms with Gasteiger partial charge in [0.1, 0.15) is 0 Å². The molecule has 0 aliphatic carbocycles. The van der Waals surface area contributed by atoms with Gasteiger partial charge < -0.3 is 14.7 Å². The van der Waals surface area contributed by atoms with E-state index in [-0.39, 0.29) is 6.03 Å². The zero-order valence-corrected chi connectivity index (χ0v) is 12.1. The van der Waals surface area contributed by atoms with Gasteiger partial charge in [-0.1, -0.05) is 19.1 Å². The maximum Gasteiger partial charge on any atom is 0.319 e. The maximum atomic E-state index is 11.9. The summed E-state index contributed by atoms with van der Waals surface area (Å²) in [5, 5.41) is 0. The fraction of sp³-hybridized carbons (Fsp3) is 0.533. The van der Waals surface area contributed by atoms with Crippen molar-refractivity contribution in [2.24, 2.45) is 0 Å². The minimum atomic E-state index is 0.113. The molecule has 0 N–H and O–H groups in total. The number of benzene rings is 1. The Labute approximate surface area is 115 Å². The van der Waals surface area contributed by atoms with Crippen LogP contribution >= 0.6 is 0 Å². The topological polar surface area (TPSA) is 26.8 Å². The summed E-state index contributed by atoms with van der Waals surface area (Å²) < 4.78 is 0. The van der Waals surface area contributed by atoms with Gasteiger partial charge in [-0.2, -0.15) is 0 Å². The summed E-state index contributed by atoms with van der Waals surface area (Å²) in [6, 6.07) is 8.80. The van der Waals surface area contributed by atoms with E-state index in [9.17, 15) is 4.79 Å². The lowest BCUT2D eigenvalue weighted by molar-refractivity contribution is 0.168. The van der Waals surface area contributed by atoms with Crippen molar-refractivity contribution in [1.82, 2.24) is 9.80 Å². The van der Waals surface area contributed by atoms with Gasteiger partial charge in [-0.25, -0.2) is 4.79 Å². The van der Waals surface area contributed by atoms with Gasteiger partial charge in [0.25, 0.3) is 0 Å². The molecule has 1 fully saturated rings. The number of piperazine rings is 1. The van der Waals surface area contributed by atoms with Crippen molar-refractivity contribution in [3.8, 4) is 0 Å². The summed E-state index contributed by atoms with van der Waals surface area (Å²) in [5.74, 6) is 0. The van der Waals surface area contributed by atoms with Crippen molar-refractivity contribution < 1.29 is 4.79 Å². The standard InChI is InChI=1S/C15H23N3O/c1-4-13-6-5-7-14(12-13)17-8-10-18(11-9-17)15(19)16(2)3/h5-7,12H,4,8-11H2,1-3H3. The summed E-state index contributed by atoms with van der Waals surface area (Å²) in [6.45, 7) is 5.59. The van der Waals surface area contributed by atoms with Gasteiger partial charge in [-0.05, 0) is 24.1 Å². The van der Waals surface area contributed by atoms with Crippen LogP contribution in [0.25, 0.3) is 0 Å². The molecule has 1 saturated heterocycles. The van der Waals surface area contributed by atoms with Crippen molar-refractivity contribution in [1.29, 1.82) is 0 Å². The van der Waals surface area contributed by atoms with E-state index in [0.717, 1.165) is 32.6 Å². The summed E-state index contributed by atoms with van der Waals surface area (Å²) >= 11 is 0. The third-order valence-electron chi connectivity index (χ3n) is 3.62. The first-order chi connectivity index (χ1) is 9.11. The van der Waals surface area contributed by atoms with Crippen LogP contribution in [0.1, 0.15) is 12.5 Å². The molecule has 1 aromatic carbocycles. The molecule has 0 radical (unpaired) electrons. The van der Waals surface area contributed by atoms with Gasteiger partial charge in [0.05, 0.1) is 0 Å². The zero-order chi connectivity index (χ0) is 13.8. The number of hydrogen-bond donors (Lipinski definition) is 0. The molecule has 0 aromatic heterocycles. The highest BCUT2D eigenvalue weighted by atomic mass is 16.2. The van der Waals surface area contributed by atoms with Crippen LogP contribution in [0, 0.1) is 0 Å². The molecule has 1 aliphatic rings. The van der Waals surface area contributed by atoms with Crippen LogP contribution in [0.3, 0.4) is 0 Å². The van der Waals surface area contributed by atoms with Gasteiger partial charge in [0.2, 0.25) is 0 Å². The largest absolute Gasteiger partial charge is 0.368 e. The molecule has 2 rings (SSSR count). The molecule has 4 nitrogen and oxygen atoms in total. The lowest BCUT2D eigenvalue weighted by Gasteiger charge is -2.37. The van der Waals surface area contributed by atoms with Gasteiger partial charge in [-0.3, -0.25) is 0 Å². The van der Waals surface area contributed by atoms with Crippen molar-refractivity contribution in [2.45, 2.75) is 13.3 Å². The molecule has 2 amide bonds. The highest BCUT2D eigenvalue weighted by Crippen LogP contribution is 2.18. The number of aryl methyl sites for hydroxylation is 1. The number of hydrogen-bond acceptors (Lipinski definition) is 2. The second-order valence-corrected chi connectivity index (χ2v) is 5.17. The summed E-state index contributed by atoms with van der Waals surface area (Å²) in [6.07, 6.45) is 1.06. The second kappa shape index (κ2) is 5.95. The molecule has 0 spiro atoms. The van der Waals surface area contributed by atoms with Crippen LogP contribution in [-0.2, 0) is 6.42 Å². The third-order valence-corrected chi connectivity index (χ3v) is 3.62. The van der Waals surface area contributed by atoms with Crippen molar-refractivity contribution >= 4 is 11.7 Å². The number of rotatable bonds is 2. The van der Waals surface area contributed by atoms with Gasteiger partial charge in [0.15, 0.2) is 0 Å². The summed E-state index contributed by atoms with van der Waals surface area (Å²) in [5.41, 5.74) is 2.64. The lowest BCUT2D eigenvalue weighted by Crippen LogP contribution is -2.51. The van der Waals surface area contributed by atoms with Crippen LogP contribution in [0.4, 0.5) is 10.5 Å². The zero-order valence-electron chi connectivity index (χ0n) is 12.1. The molecule has 1 aromatic rings. The Morgan fingerprint density at radius 2 is 1.89 bits per heavy atom. The average molecular weight is 261 g/mol. The van der Waals surface area contributed by atoms with Crippen LogP contribution in [-0.4, -0.2) is 56.1 Å². The highest BCUT2D eigenvalue weighted by molar-refractivity contribution is 5.74. The molecule has 1 heterocycles. The average Bonchev–Trinajstić information content (AvgIpc) is 2.46. The SMILES string of the molecule is CCc1cccc(N2CCN(C(=O)N(C)C)CC2)c1. The Morgan fingerprint density at radius 1 is 1.21 bits per heavy atom. The Morgan fingerprint density at radius 3 is 2.47 bits per heavy atom. The van der Waals surface area contributed by atoms with Crippen LogP contribution in [0.2, 0.25) is 0 Å². The quantitative estimate of drug-likeness (QED) is 0.814. The first kappa shape index (κ1) is 13.7. The van der Waals surface area contributed by atoms with Gasteiger partial charge in [0, 0.05) is 46.0 Å². The van der Waals surface area contributed by atoms with Crippen molar-refractivity contribution in [2.75, 3.05) is 45.2 Å². The Hall–Kier alpha value is -1.71. The predicted molar refractivity (Wildman–Crippen MR) is 78.7 cm³/mol. The van der Waals surface area contributed by atoms with Crippen LogP contribution in [0.5, 0.6) is 0 Å². The minimum Gasteiger partial charge on any atom is -0.368 e. The van der Waals surface area contributed by atoms with E-state index in [4.69, 9.17) is 0 Å². The number of amides is 2. The smallest absolute Gasteiger partial charge is 0.319 e. The van der Waals surface area contributed by atoms with Gasteiger partial charge in [-0.15, -0.1) is 0 Å². The fourth-order valence-corrected chi connectivity index (χ4v) is 2.41. The molecule has 19 heavy (non-hydrogen) atoms. The van der Waals surface area contributed by atoms with E-state index in [1.165, 1.54) is 11.3 Å². The Bertz CT molecular complexity index is 437. The second-order valence-electron chi connectivity index (χ2n) is 5.17. The minimum absolute atomic E-state index is 0.113. The number of urea groups is 1. The first-order valence-electron chi connectivity index (χ1n) is 6.92. The number of carbonyl (C=O) groups is 1. The predicted octanol–water partition coefficient (Wildman–Crippen LogP) is 2.05. The van der Waals surface area contributed by atoms with E-state index in [0.29, 0.717) is 0 Å². The van der Waals surface area contributed by atoms with E-state index in [1.54, 1.807) is 19.0 Å². The van der Waals surface area contributed by atoms with Crippen LogP contribution < -0.4 is 4.90 Å². The molecule has 0 atom stereocenters. The number of carbonyl (C=O) groups excluding carboxylic acids is 1.